The van der Waals surface area contributed by atoms with Gasteiger partial charge in [-0.05, 0) is 37.9 Å². The maximum atomic E-state index is 14.8. The third-order valence-electron chi connectivity index (χ3n) is 3.90. The zero-order chi connectivity index (χ0) is 15.1. The van der Waals surface area contributed by atoms with E-state index >= 15 is 0 Å². The Morgan fingerprint density at radius 2 is 2.19 bits per heavy atom. The summed E-state index contributed by atoms with van der Waals surface area (Å²) in [6.07, 6.45) is 2.86. The van der Waals surface area contributed by atoms with E-state index in [1.165, 1.54) is 0 Å². The first-order chi connectivity index (χ1) is 10.1. The molecule has 0 aliphatic carbocycles. The number of hydrogen-bond donors (Lipinski definition) is 2. The van der Waals surface area contributed by atoms with Gasteiger partial charge >= 0.3 is 6.09 Å². The highest BCUT2D eigenvalue weighted by Crippen LogP contribution is 2.29. The molecule has 5 nitrogen and oxygen atoms in total. The van der Waals surface area contributed by atoms with Gasteiger partial charge in [-0.1, -0.05) is 6.07 Å². The molecule has 1 aliphatic heterocycles. The maximum Gasteiger partial charge on any atom is 0.404 e. The van der Waals surface area contributed by atoms with E-state index in [2.05, 4.69) is 15.2 Å². The summed E-state index contributed by atoms with van der Waals surface area (Å²) >= 11 is 0. The summed E-state index contributed by atoms with van der Waals surface area (Å²) in [7, 11) is 0. The molecule has 1 fully saturated rings. The summed E-state index contributed by atoms with van der Waals surface area (Å²) in [5.41, 5.74) is -0.358. The Morgan fingerprint density at radius 1 is 1.43 bits per heavy atom. The second kappa shape index (κ2) is 7.36. The van der Waals surface area contributed by atoms with Gasteiger partial charge < -0.3 is 15.3 Å². The normalized spacial score (nSPS) is 18.3. The number of nitrogens with one attached hydrogen (secondary N) is 1. The third-order valence-corrected chi connectivity index (χ3v) is 3.90. The Kier molecular flexibility index (Phi) is 5.50. The van der Waals surface area contributed by atoms with Gasteiger partial charge in [0.1, 0.15) is 5.67 Å². The monoisotopic (exact) mass is 295 g/mol. The highest BCUT2D eigenvalue weighted by atomic mass is 19.1. The van der Waals surface area contributed by atoms with Crippen molar-refractivity contribution in [3.63, 3.8) is 0 Å². The molecule has 0 radical (unpaired) electrons. The number of hydrogen-bond acceptors (Lipinski definition) is 3. The molecular weight excluding hydrogens is 273 g/mol. The van der Waals surface area contributed by atoms with Gasteiger partial charge in [0.05, 0.1) is 0 Å². The number of amides is 1. The Labute approximate surface area is 124 Å². The van der Waals surface area contributed by atoms with E-state index in [-0.39, 0.29) is 0 Å². The molecule has 0 atom stereocenters. The van der Waals surface area contributed by atoms with Crippen molar-refractivity contribution in [3.8, 4) is 0 Å². The number of likely N-dealkylation sites (tertiary alicyclic amines) is 1. The Balaban J connectivity index is 1.71. The van der Waals surface area contributed by atoms with Crippen LogP contribution in [0, 0.1) is 0 Å². The number of aromatic nitrogens is 1. The lowest BCUT2D eigenvalue weighted by Gasteiger charge is -2.36. The highest BCUT2D eigenvalue weighted by molar-refractivity contribution is 5.64. The van der Waals surface area contributed by atoms with Crippen molar-refractivity contribution in [1.29, 1.82) is 0 Å². The highest BCUT2D eigenvalue weighted by Gasteiger charge is 2.34. The van der Waals surface area contributed by atoms with Crippen molar-refractivity contribution in [1.82, 2.24) is 15.2 Å². The zero-order valence-electron chi connectivity index (χ0n) is 12.1. The number of halogens is 1. The molecule has 1 saturated heterocycles. The molecule has 6 heteroatoms. The molecule has 0 aromatic carbocycles. The van der Waals surface area contributed by atoms with Gasteiger partial charge in [0.25, 0.3) is 0 Å². The van der Waals surface area contributed by atoms with Crippen molar-refractivity contribution < 1.29 is 14.3 Å². The largest absolute Gasteiger partial charge is 0.465 e. The van der Waals surface area contributed by atoms with Crippen LogP contribution < -0.4 is 5.32 Å². The van der Waals surface area contributed by atoms with Gasteiger partial charge in [-0.3, -0.25) is 4.98 Å². The van der Waals surface area contributed by atoms with Gasteiger partial charge in [0.15, 0.2) is 0 Å². The molecular formula is C15H22FN3O2. The smallest absolute Gasteiger partial charge is 0.404 e. The number of pyridine rings is 1. The summed E-state index contributed by atoms with van der Waals surface area (Å²) in [6.45, 7) is 2.69. The predicted octanol–water partition coefficient (Wildman–Crippen LogP) is 2.09. The van der Waals surface area contributed by atoms with Crippen LogP contribution in [0.1, 0.15) is 25.0 Å². The summed E-state index contributed by atoms with van der Waals surface area (Å²) in [5.74, 6) is 0. The molecule has 116 valence electrons. The molecule has 0 saturated carbocycles. The number of carboxylic acid groups (broad SMARTS) is 1. The minimum Gasteiger partial charge on any atom is -0.465 e. The van der Waals surface area contributed by atoms with Gasteiger partial charge in [-0.25, -0.2) is 9.18 Å². The van der Waals surface area contributed by atoms with Crippen LogP contribution in [0.25, 0.3) is 0 Å². The van der Waals surface area contributed by atoms with Crippen LogP contribution in [0.2, 0.25) is 0 Å². The van der Waals surface area contributed by atoms with E-state index in [0.29, 0.717) is 25.8 Å². The Bertz CT molecular complexity index is 447. The van der Waals surface area contributed by atoms with Gasteiger partial charge in [-0.15, -0.1) is 0 Å². The quantitative estimate of drug-likeness (QED) is 0.789. The van der Waals surface area contributed by atoms with Gasteiger partial charge in [-0.2, -0.15) is 0 Å². The van der Waals surface area contributed by atoms with Crippen LogP contribution in [0.15, 0.2) is 24.4 Å². The van der Waals surface area contributed by atoms with E-state index < -0.39 is 11.8 Å². The van der Waals surface area contributed by atoms with E-state index in [1.807, 2.05) is 18.2 Å². The fourth-order valence-corrected chi connectivity index (χ4v) is 2.68. The van der Waals surface area contributed by atoms with Crippen LogP contribution >= 0.6 is 0 Å². The van der Waals surface area contributed by atoms with Crippen molar-refractivity contribution in [3.05, 3.63) is 30.1 Å². The molecule has 0 unspecified atom stereocenters. The van der Waals surface area contributed by atoms with E-state index in [1.54, 1.807) is 6.20 Å². The summed E-state index contributed by atoms with van der Waals surface area (Å²) in [5, 5.41) is 10.8. The molecule has 1 aromatic rings. The first-order valence-corrected chi connectivity index (χ1v) is 7.35. The Hall–Kier alpha value is -1.69. The van der Waals surface area contributed by atoms with Crippen LogP contribution in [-0.4, -0.2) is 52.9 Å². The van der Waals surface area contributed by atoms with Crippen LogP contribution in [0.5, 0.6) is 0 Å². The molecule has 1 aliphatic rings. The molecule has 21 heavy (non-hydrogen) atoms. The summed E-state index contributed by atoms with van der Waals surface area (Å²) in [6, 6.07) is 5.59. The van der Waals surface area contributed by atoms with Crippen LogP contribution in [0.3, 0.4) is 0 Å². The van der Waals surface area contributed by atoms with E-state index in [0.717, 1.165) is 31.7 Å². The number of piperidine rings is 1. The SMILES string of the molecule is O=C(O)NCCCN1CCC(F)(Cc2ccccn2)CC1. The third kappa shape index (κ3) is 5.30. The minimum absolute atomic E-state index is 0.377. The number of carbonyl (C=O) groups is 1. The lowest BCUT2D eigenvalue weighted by atomic mass is 9.88. The first-order valence-electron chi connectivity index (χ1n) is 7.35. The maximum absolute atomic E-state index is 14.8. The fourth-order valence-electron chi connectivity index (χ4n) is 2.68. The number of rotatable bonds is 6. The number of alkyl halides is 1. The van der Waals surface area contributed by atoms with Crippen molar-refractivity contribution in [2.24, 2.45) is 0 Å². The second-order valence-corrected chi connectivity index (χ2v) is 5.58. The van der Waals surface area contributed by atoms with Crippen LogP contribution in [-0.2, 0) is 6.42 Å². The van der Waals surface area contributed by atoms with Gasteiger partial charge in [0.2, 0.25) is 0 Å². The lowest BCUT2D eigenvalue weighted by Crippen LogP contribution is -2.43. The van der Waals surface area contributed by atoms with E-state index in [4.69, 9.17) is 5.11 Å². The standard InChI is InChI=1S/C15H22FN3O2/c16-15(12-13-4-1-2-7-17-13)5-10-19(11-6-15)9-3-8-18-14(20)21/h1-2,4,7,18H,3,5-6,8-12H2,(H,20,21). The molecule has 0 bridgehead atoms. The second-order valence-electron chi connectivity index (χ2n) is 5.58. The Morgan fingerprint density at radius 3 is 2.81 bits per heavy atom. The topological polar surface area (TPSA) is 65.5 Å². The average Bonchev–Trinajstić information content (AvgIpc) is 2.46. The molecule has 1 amide bonds. The van der Waals surface area contributed by atoms with Crippen LogP contribution in [0.4, 0.5) is 9.18 Å². The number of nitrogens with zero attached hydrogens (tertiary/aromatic N) is 2. The summed E-state index contributed by atoms with van der Waals surface area (Å²) in [4.78, 5) is 16.7. The fraction of sp³-hybridized carbons (Fsp3) is 0.600. The first kappa shape index (κ1) is 15.7. The van der Waals surface area contributed by atoms with Crippen molar-refractivity contribution in [2.45, 2.75) is 31.4 Å². The van der Waals surface area contributed by atoms with Crippen molar-refractivity contribution in [2.75, 3.05) is 26.2 Å². The molecule has 1 aromatic heterocycles. The lowest BCUT2D eigenvalue weighted by molar-refractivity contribution is 0.0574. The van der Waals surface area contributed by atoms with Crippen molar-refractivity contribution >= 4 is 6.09 Å². The summed E-state index contributed by atoms with van der Waals surface area (Å²) < 4.78 is 14.8. The molecule has 2 N–H and O–H groups in total. The zero-order valence-corrected chi connectivity index (χ0v) is 12.1. The predicted molar refractivity (Wildman–Crippen MR) is 78.1 cm³/mol. The van der Waals surface area contributed by atoms with E-state index in [9.17, 15) is 9.18 Å². The minimum atomic E-state index is -1.16. The molecule has 2 heterocycles. The average molecular weight is 295 g/mol. The van der Waals surface area contributed by atoms with Gasteiger partial charge in [0, 0.05) is 37.9 Å². The molecule has 2 rings (SSSR count). The molecule has 0 spiro atoms.